The number of rotatable bonds is 9. The van der Waals surface area contributed by atoms with Gasteiger partial charge in [-0.05, 0) is 56.0 Å². The first-order valence-corrected chi connectivity index (χ1v) is 9.32. The Morgan fingerprint density at radius 1 is 1.32 bits per heavy atom. The quantitative estimate of drug-likeness (QED) is 0.690. The van der Waals surface area contributed by atoms with Crippen molar-refractivity contribution < 1.29 is 9.53 Å². The molecule has 1 aromatic carbocycles. The Balaban J connectivity index is 0.00000225. The predicted octanol–water partition coefficient (Wildman–Crippen LogP) is 3.96. The molecule has 1 fully saturated rings. The predicted molar refractivity (Wildman–Crippen MR) is 105 cm³/mol. The molecule has 0 spiro atoms. The molecule has 1 heterocycles. The Hall–Kier alpha value is -1.63. The molecule has 136 valence electrons. The minimum atomic E-state index is -0.0418. The molecule has 0 aliphatic heterocycles. The summed E-state index contributed by atoms with van der Waals surface area (Å²) in [6.45, 7) is 4.08. The number of benzene rings is 1. The molecule has 7 heteroatoms. The Bertz CT molecular complexity index is 671. The van der Waals surface area contributed by atoms with Crippen molar-refractivity contribution >= 4 is 34.8 Å². The van der Waals surface area contributed by atoms with Crippen LogP contribution < -0.4 is 15.4 Å². The summed E-state index contributed by atoms with van der Waals surface area (Å²) in [6, 6.07) is 7.88. The second-order valence-electron chi connectivity index (χ2n) is 6.03. The summed E-state index contributed by atoms with van der Waals surface area (Å²) >= 11 is 1.44. The molecule has 0 unspecified atom stereocenters. The minimum Gasteiger partial charge on any atom is -0.494 e. The summed E-state index contributed by atoms with van der Waals surface area (Å²) in [6.07, 6.45) is 3.56. The lowest BCUT2D eigenvalue weighted by atomic mass is 10.2. The number of aromatic nitrogens is 1. The van der Waals surface area contributed by atoms with Crippen LogP contribution >= 0.6 is 23.7 Å². The number of hydrogen-bond donors (Lipinski definition) is 2. The van der Waals surface area contributed by atoms with Gasteiger partial charge in [-0.15, -0.1) is 23.7 Å². The summed E-state index contributed by atoms with van der Waals surface area (Å²) in [7, 11) is 0. The summed E-state index contributed by atoms with van der Waals surface area (Å²) in [5.41, 5.74) is 1.88. The van der Waals surface area contributed by atoms with Crippen molar-refractivity contribution in [1.29, 1.82) is 0 Å². The van der Waals surface area contributed by atoms with Crippen LogP contribution in [0.3, 0.4) is 0 Å². The highest BCUT2D eigenvalue weighted by atomic mass is 35.5. The van der Waals surface area contributed by atoms with E-state index in [1.807, 2.05) is 29.6 Å². The molecule has 0 saturated heterocycles. The fourth-order valence-corrected chi connectivity index (χ4v) is 3.02. The van der Waals surface area contributed by atoms with Crippen molar-refractivity contribution in [1.82, 2.24) is 10.3 Å². The SMILES string of the molecule is CCCOc1ccc(-c2csc(NC(=O)CNCC3CC3)n2)cc1.Cl. The third kappa shape index (κ3) is 6.30. The van der Waals surface area contributed by atoms with E-state index >= 15 is 0 Å². The van der Waals surface area contributed by atoms with E-state index in [9.17, 15) is 4.79 Å². The van der Waals surface area contributed by atoms with Gasteiger partial charge in [0.25, 0.3) is 0 Å². The van der Waals surface area contributed by atoms with Crippen LogP contribution in [0.4, 0.5) is 5.13 Å². The number of nitrogens with one attached hydrogen (secondary N) is 2. The van der Waals surface area contributed by atoms with Gasteiger partial charge in [0, 0.05) is 10.9 Å². The molecule has 5 nitrogen and oxygen atoms in total. The highest BCUT2D eigenvalue weighted by Gasteiger charge is 2.20. The lowest BCUT2D eigenvalue weighted by molar-refractivity contribution is -0.115. The van der Waals surface area contributed by atoms with Crippen LogP contribution in [0.1, 0.15) is 26.2 Å². The third-order valence-corrected chi connectivity index (χ3v) is 4.55. The maximum Gasteiger partial charge on any atom is 0.240 e. The number of halogens is 1. The largest absolute Gasteiger partial charge is 0.494 e. The van der Waals surface area contributed by atoms with Gasteiger partial charge in [-0.2, -0.15) is 0 Å². The van der Waals surface area contributed by atoms with Gasteiger partial charge < -0.3 is 15.4 Å². The summed E-state index contributed by atoms with van der Waals surface area (Å²) in [4.78, 5) is 16.4. The van der Waals surface area contributed by atoms with Crippen molar-refractivity contribution in [3.63, 3.8) is 0 Å². The molecular formula is C18H24ClN3O2S. The maximum atomic E-state index is 11.9. The van der Waals surface area contributed by atoms with E-state index in [2.05, 4.69) is 22.5 Å². The minimum absolute atomic E-state index is 0. The van der Waals surface area contributed by atoms with Crippen molar-refractivity contribution in [2.24, 2.45) is 5.92 Å². The van der Waals surface area contributed by atoms with Gasteiger partial charge in [0.2, 0.25) is 5.91 Å². The standard InChI is InChI=1S/C18H23N3O2S.ClH/c1-2-9-23-15-7-5-14(6-8-15)16-12-24-18(20-16)21-17(22)11-19-10-13-3-4-13;/h5-8,12-13,19H,2-4,9-11H2,1H3,(H,20,21,22);1H. The molecule has 1 amide bonds. The van der Waals surface area contributed by atoms with Gasteiger partial charge in [-0.25, -0.2) is 4.98 Å². The maximum absolute atomic E-state index is 11.9. The van der Waals surface area contributed by atoms with E-state index in [1.54, 1.807) is 0 Å². The van der Waals surface area contributed by atoms with Crippen molar-refractivity contribution in [3.05, 3.63) is 29.6 Å². The first-order valence-electron chi connectivity index (χ1n) is 8.44. The van der Waals surface area contributed by atoms with E-state index in [1.165, 1.54) is 24.2 Å². The molecule has 3 rings (SSSR count). The normalized spacial score (nSPS) is 13.2. The Morgan fingerprint density at radius 3 is 2.76 bits per heavy atom. The van der Waals surface area contributed by atoms with Gasteiger partial charge in [0.05, 0.1) is 18.8 Å². The topological polar surface area (TPSA) is 63.2 Å². The third-order valence-electron chi connectivity index (χ3n) is 3.79. The van der Waals surface area contributed by atoms with Crippen LogP contribution in [-0.4, -0.2) is 30.6 Å². The van der Waals surface area contributed by atoms with E-state index in [-0.39, 0.29) is 18.3 Å². The Labute approximate surface area is 158 Å². The van der Waals surface area contributed by atoms with Crippen molar-refractivity contribution in [3.8, 4) is 17.0 Å². The molecule has 0 radical (unpaired) electrons. The van der Waals surface area contributed by atoms with E-state index in [4.69, 9.17) is 4.74 Å². The zero-order valence-electron chi connectivity index (χ0n) is 14.3. The Morgan fingerprint density at radius 2 is 2.08 bits per heavy atom. The number of anilines is 1. The highest BCUT2D eigenvalue weighted by molar-refractivity contribution is 7.14. The van der Waals surface area contributed by atoms with Gasteiger partial charge in [0.15, 0.2) is 5.13 Å². The molecule has 1 saturated carbocycles. The lowest BCUT2D eigenvalue weighted by Crippen LogP contribution is -2.29. The molecule has 2 N–H and O–H groups in total. The van der Waals surface area contributed by atoms with Gasteiger partial charge in [-0.1, -0.05) is 6.92 Å². The molecule has 0 bridgehead atoms. The summed E-state index contributed by atoms with van der Waals surface area (Å²) < 4.78 is 5.58. The number of carbonyl (C=O) groups is 1. The molecule has 1 aromatic heterocycles. The van der Waals surface area contributed by atoms with Crippen LogP contribution in [0.25, 0.3) is 11.3 Å². The number of amides is 1. The molecule has 25 heavy (non-hydrogen) atoms. The second kappa shape index (κ2) is 9.75. The zero-order valence-corrected chi connectivity index (χ0v) is 15.9. The average Bonchev–Trinajstić information content (AvgIpc) is 3.30. The van der Waals surface area contributed by atoms with Crippen LogP contribution in [0.15, 0.2) is 29.6 Å². The molecule has 0 atom stereocenters. The lowest BCUT2D eigenvalue weighted by Gasteiger charge is -2.05. The molecule has 2 aromatic rings. The summed E-state index contributed by atoms with van der Waals surface area (Å²) in [5.74, 6) is 1.60. The molecule has 1 aliphatic rings. The van der Waals surface area contributed by atoms with Crippen molar-refractivity contribution in [2.75, 3.05) is 25.0 Å². The van der Waals surface area contributed by atoms with Crippen LogP contribution in [-0.2, 0) is 4.79 Å². The summed E-state index contributed by atoms with van der Waals surface area (Å²) in [5, 5.41) is 8.61. The first-order chi connectivity index (χ1) is 11.7. The van der Waals surface area contributed by atoms with E-state index in [0.29, 0.717) is 11.7 Å². The Kier molecular flexibility index (Phi) is 7.68. The number of hydrogen-bond acceptors (Lipinski definition) is 5. The number of nitrogens with zero attached hydrogens (tertiary/aromatic N) is 1. The first kappa shape index (κ1) is 19.7. The fraction of sp³-hybridized carbons (Fsp3) is 0.444. The highest BCUT2D eigenvalue weighted by Crippen LogP contribution is 2.28. The van der Waals surface area contributed by atoms with E-state index in [0.717, 1.165) is 42.5 Å². The average molecular weight is 382 g/mol. The van der Waals surface area contributed by atoms with E-state index < -0.39 is 0 Å². The fourth-order valence-electron chi connectivity index (χ4n) is 2.28. The van der Waals surface area contributed by atoms with Gasteiger partial charge >= 0.3 is 0 Å². The molecular weight excluding hydrogens is 358 g/mol. The van der Waals surface area contributed by atoms with Crippen LogP contribution in [0.2, 0.25) is 0 Å². The zero-order chi connectivity index (χ0) is 16.8. The van der Waals surface area contributed by atoms with Crippen LogP contribution in [0, 0.1) is 5.92 Å². The number of thiazole rings is 1. The molecule has 1 aliphatic carbocycles. The van der Waals surface area contributed by atoms with Crippen molar-refractivity contribution in [2.45, 2.75) is 26.2 Å². The van der Waals surface area contributed by atoms with Gasteiger partial charge in [0.1, 0.15) is 5.75 Å². The monoisotopic (exact) mass is 381 g/mol. The smallest absolute Gasteiger partial charge is 0.240 e. The van der Waals surface area contributed by atoms with Crippen LogP contribution in [0.5, 0.6) is 5.75 Å². The number of ether oxygens (including phenoxy) is 1. The second-order valence-corrected chi connectivity index (χ2v) is 6.89. The van der Waals surface area contributed by atoms with Gasteiger partial charge in [-0.3, -0.25) is 4.79 Å². The number of carbonyl (C=O) groups excluding carboxylic acids is 1.